The lowest BCUT2D eigenvalue weighted by Gasteiger charge is -2.09. The summed E-state index contributed by atoms with van der Waals surface area (Å²) >= 11 is 11.8. The van der Waals surface area contributed by atoms with Crippen molar-refractivity contribution in [1.29, 1.82) is 0 Å². The highest BCUT2D eigenvalue weighted by molar-refractivity contribution is 6.43. The van der Waals surface area contributed by atoms with Gasteiger partial charge in [-0.3, -0.25) is 0 Å². The number of nitrogen functional groups attached to an aromatic ring is 2. The summed E-state index contributed by atoms with van der Waals surface area (Å²) < 4.78 is 13.7. The maximum atomic E-state index is 13.7. The summed E-state index contributed by atoms with van der Waals surface area (Å²) in [5, 5.41) is 0.480. The fraction of sp³-hybridized carbons (Fsp3) is 0. The molecule has 7 heteroatoms. The minimum Gasteiger partial charge on any atom is -0.383 e. The summed E-state index contributed by atoms with van der Waals surface area (Å²) in [5.41, 5.74) is 11.2. The maximum Gasteiger partial charge on any atom is 0.227 e. The Labute approximate surface area is 106 Å². The lowest BCUT2D eigenvalue weighted by atomic mass is 10.1. The van der Waals surface area contributed by atoms with E-state index >= 15 is 0 Å². The number of anilines is 2. The second kappa shape index (κ2) is 4.35. The van der Waals surface area contributed by atoms with Gasteiger partial charge in [0.15, 0.2) is 0 Å². The standard InChI is InChI=1S/C10H7Cl2FN4/c11-5-3-1-2-4(7(5)12)6-8(13)16-10(15)17-9(6)14/h1-3H,(H4,14,15,16,17). The van der Waals surface area contributed by atoms with Crippen molar-refractivity contribution in [3.63, 3.8) is 0 Å². The first-order valence-electron chi connectivity index (χ1n) is 4.53. The van der Waals surface area contributed by atoms with E-state index in [9.17, 15) is 4.39 Å². The molecular weight excluding hydrogens is 266 g/mol. The van der Waals surface area contributed by atoms with Gasteiger partial charge in [-0.15, -0.1) is 0 Å². The Morgan fingerprint density at radius 1 is 1.12 bits per heavy atom. The van der Waals surface area contributed by atoms with Gasteiger partial charge >= 0.3 is 0 Å². The van der Waals surface area contributed by atoms with Crippen LogP contribution in [-0.4, -0.2) is 9.97 Å². The third-order valence-corrected chi connectivity index (χ3v) is 2.95. The molecule has 4 N–H and O–H groups in total. The molecule has 0 radical (unpaired) electrons. The average molecular weight is 273 g/mol. The lowest BCUT2D eigenvalue weighted by molar-refractivity contribution is 0.587. The van der Waals surface area contributed by atoms with Gasteiger partial charge in [0.05, 0.1) is 15.6 Å². The summed E-state index contributed by atoms with van der Waals surface area (Å²) in [6.07, 6.45) is 0. The van der Waals surface area contributed by atoms with E-state index in [2.05, 4.69) is 9.97 Å². The number of hydrogen-bond donors (Lipinski definition) is 2. The van der Waals surface area contributed by atoms with Crippen molar-refractivity contribution in [2.45, 2.75) is 0 Å². The van der Waals surface area contributed by atoms with Crippen molar-refractivity contribution in [2.75, 3.05) is 11.5 Å². The van der Waals surface area contributed by atoms with Crippen LogP contribution in [0.3, 0.4) is 0 Å². The summed E-state index contributed by atoms with van der Waals surface area (Å²) in [4.78, 5) is 7.08. The molecule has 1 heterocycles. The third kappa shape index (κ3) is 2.11. The third-order valence-electron chi connectivity index (χ3n) is 2.13. The molecule has 0 atom stereocenters. The van der Waals surface area contributed by atoms with E-state index in [1.807, 2.05) is 0 Å². The first-order chi connectivity index (χ1) is 8.00. The van der Waals surface area contributed by atoms with Crippen LogP contribution in [0.4, 0.5) is 16.2 Å². The number of nitrogens with two attached hydrogens (primary N) is 2. The molecule has 2 rings (SSSR count). The molecule has 17 heavy (non-hydrogen) atoms. The summed E-state index contributed by atoms with van der Waals surface area (Å²) in [6, 6.07) is 4.78. The SMILES string of the molecule is Nc1nc(N)c(-c2cccc(Cl)c2Cl)c(F)n1. The van der Waals surface area contributed by atoms with Crippen LogP contribution in [0.25, 0.3) is 11.1 Å². The van der Waals surface area contributed by atoms with Crippen LogP contribution < -0.4 is 11.5 Å². The van der Waals surface area contributed by atoms with Gasteiger partial charge in [0.2, 0.25) is 11.9 Å². The monoisotopic (exact) mass is 272 g/mol. The zero-order chi connectivity index (χ0) is 12.6. The molecule has 0 spiro atoms. The number of benzene rings is 1. The average Bonchev–Trinajstić information content (AvgIpc) is 2.23. The quantitative estimate of drug-likeness (QED) is 0.783. The van der Waals surface area contributed by atoms with Crippen molar-refractivity contribution in [2.24, 2.45) is 0 Å². The van der Waals surface area contributed by atoms with Gasteiger partial charge in [-0.05, 0) is 6.07 Å². The van der Waals surface area contributed by atoms with Crippen molar-refractivity contribution in [3.8, 4) is 11.1 Å². The molecule has 1 aromatic carbocycles. The predicted octanol–water partition coefficient (Wildman–Crippen LogP) is 2.75. The molecule has 0 bridgehead atoms. The Balaban J connectivity index is 2.73. The van der Waals surface area contributed by atoms with Crippen LogP contribution in [0.1, 0.15) is 0 Å². The van der Waals surface area contributed by atoms with Gasteiger partial charge in [-0.1, -0.05) is 35.3 Å². The van der Waals surface area contributed by atoms with Crippen molar-refractivity contribution in [3.05, 3.63) is 34.2 Å². The summed E-state index contributed by atoms with van der Waals surface area (Å²) in [7, 11) is 0. The smallest absolute Gasteiger partial charge is 0.227 e. The van der Waals surface area contributed by atoms with E-state index in [-0.39, 0.29) is 22.4 Å². The Hall–Kier alpha value is -1.59. The van der Waals surface area contributed by atoms with E-state index < -0.39 is 5.95 Å². The Kier molecular flexibility index (Phi) is 3.04. The largest absolute Gasteiger partial charge is 0.383 e. The van der Waals surface area contributed by atoms with Crippen molar-refractivity contribution >= 4 is 35.0 Å². The topological polar surface area (TPSA) is 77.8 Å². The molecule has 0 aliphatic carbocycles. The molecule has 0 aliphatic rings. The summed E-state index contributed by atoms with van der Waals surface area (Å²) in [5.74, 6) is -1.15. The van der Waals surface area contributed by atoms with Gasteiger partial charge < -0.3 is 11.5 Å². The number of rotatable bonds is 1. The molecule has 4 nitrogen and oxygen atoms in total. The molecule has 0 saturated carbocycles. The Bertz CT molecular complexity index is 566. The normalized spacial score (nSPS) is 10.5. The van der Waals surface area contributed by atoms with Gasteiger partial charge in [0.1, 0.15) is 5.82 Å². The molecule has 2 aromatic rings. The number of nitrogens with zero attached hydrogens (tertiary/aromatic N) is 2. The van der Waals surface area contributed by atoms with E-state index in [0.29, 0.717) is 10.6 Å². The molecule has 0 amide bonds. The van der Waals surface area contributed by atoms with Crippen molar-refractivity contribution < 1.29 is 4.39 Å². The summed E-state index contributed by atoms with van der Waals surface area (Å²) in [6.45, 7) is 0. The van der Waals surface area contributed by atoms with E-state index in [0.717, 1.165) is 0 Å². The highest BCUT2D eigenvalue weighted by Crippen LogP contribution is 2.36. The van der Waals surface area contributed by atoms with Gasteiger partial charge in [-0.25, -0.2) is 0 Å². The number of hydrogen-bond acceptors (Lipinski definition) is 4. The first-order valence-corrected chi connectivity index (χ1v) is 5.29. The second-order valence-corrected chi connectivity index (χ2v) is 4.02. The lowest BCUT2D eigenvalue weighted by Crippen LogP contribution is -2.05. The van der Waals surface area contributed by atoms with Crippen LogP contribution in [0.15, 0.2) is 18.2 Å². The van der Waals surface area contributed by atoms with Crippen LogP contribution in [0, 0.1) is 5.95 Å². The van der Waals surface area contributed by atoms with E-state index in [1.54, 1.807) is 18.2 Å². The fourth-order valence-corrected chi connectivity index (χ4v) is 1.81. The molecule has 0 unspecified atom stereocenters. The van der Waals surface area contributed by atoms with Crippen LogP contribution >= 0.6 is 23.2 Å². The molecule has 88 valence electrons. The highest BCUT2D eigenvalue weighted by atomic mass is 35.5. The maximum absolute atomic E-state index is 13.7. The molecule has 0 saturated heterocycles. The van der Waals surface area contributed by atoms with Gasteiger partial charge in [0, 0.05) is 5.56 Å². The van der Waals surface area contributed by atoms with Gasteiger partial charge in [-0.2, -0.15) is 14.4 Å². The molecular formula is C10H7Cl2FN4. The molecule has 0 fully saturated rings. The Morgan fingerprint density at radius 2 is 1.82 bits per heavy atom. The van der Waals surface area contributed by atoms with E-state index in [4.69, 9.17) is 34.7 Å². The molecule has 1 aromatic heterocycles. The van der Waals surface area contributed by atoms with Gasteiger partial charge in [0.25, 0.3) is 0 Å². The van der Waals surface area contributed by atoms with Crippen LogP contribution in [-0.2, 0) is 0 Å². The van der Waals surface area contributed by atoms with Crippen molar-refractivity contribution in [1.82, 2.24) is 9.97 Å². The Morgan fingerprint density at radius 3 is 2.47 bits per heavy atom. The highest BCUT2D eigenvalue weighted by Gasteiger charge is 2.17. The zero-order valence-electron chi connectivity index (χ0n) is 8.42. The number of aromatic nitrogens is 2. The van der Waals surface area contributed by atoms with E-state index in [1.165, 1.54) is 0 Å². The predicted molar refractivity (Wildman–Crippen MR) is 66.3 cm³/mol. The van der Waals surface area contributed by atoms with Crippen LogP contribution in [0.5, 0.6) is 0 Å². The second-order valence-electron chi connectivity index (χ2n) is 3.23. The zero-order valence-corrected chi connectivity index (χ0v) is 9.93. The first kappa shape index (κ1) is 11.9. The van der Waals surface area contributed by atoms with Crippen LogP contribution in [0.2, 0.25) is 10.0 Å². The minimum atomic E-state index is -0.834. The minimum absolute atomic E-state index is 0.00769. The number of halogens is 3. The fourth-order valence-electron chi connectivity index (χ4n) is 1.41. The molecule has 0 aliphatic heterocycles.